The zero-order valence-electron chi connectivity index (χ0n) is 15.6. The Bertz CT molecular complexity index is 614. The maximum absolute atomic E-state index is 12.8. The van der Waals surface area contributed by atoms with Gasteiger partial charge in [-0.15, -0.1) is 0 Å². The average Bonchev–Trinajstić information content (AvgIpc) is 3.01. The van der Waals surface area contributed by atoms with Crippen molar-refractivity contribution in [2.45, 2.75) is 58.1 Å². The Balaban J connectivity index is 1.97. The number of nitrogens with zero attached hydrogens (tertiary/aromatic N) is 1. The first-order chi connectivity index (χ1) is 12.5. The maximum atomic E-state index is 12.8. The predicted octanol–water partition coefficient (Wildman–Crippen LogP) is 3.71. The number of hydrogen-bond acceptors (Lipinski definition) is 4. The number of cyclic esters (lactones) is 1. The quantitative estimate of drug-likeness (QED) is 0.539. The van der Waals surface area contributed by atoms with Gasteiger partial charge < -0.3 is 9.84 Å². The molecule has 1 fully saturated rings. The van der Waals surface area contributed by atoms with Gasteiger partial charge in [-0.3, -0.25) is 4.79 Å². The Morgan fingerprint density at radius 3 is 2.77 bits per heavy atom. The standard InChI is InChI=1S/C21H29NO4/c1-3-4-5-6-10-13-19(23)16(2)20(24)22-18(15-26-21(22)25)14-17-11-8-7-9-12-17/h7-13,16,18-19,23H,3-6,14-15H2,1-2H3/b13-10+/t16-,18?,19-/m0/s1. The number of hydrogen-bond donors (Lipinski definition) is 1. The molecule has 1 N–H and O–H groups in total. The zero-order chi connectivity index (χ0) is 18.9. The highest BCUT2D eigenvalue weighted by Crippen LogP contribution is 2.21. The highest BCUT2D eigenvalue weighted by Gasteiger charge is 2.40. The Hall–Kier alpha value is -2.14. The summed E-state index contributed by atoms with van der Waals surface area (Å²) in [5.41, 5.74) is 1.04. The van der Waals surface area contributed by atoms with Crippen molar-refractivity contribution in [3.8, 4) is 0 Å². The number of amides is 2. The predicted molar refractivity (Wildman–Crippen MR) is 101 cm³/mol. The van der Waals surface area contributed by atoms with Gasteiger partial charge in [-0.25, -0.2) is 9.69 Å². The minimum Gasteiger partial charge on any atom is -0.447 e. The van der Waals surface area contributed by atoms with Crippen molar-refractivity contribution in [2.24, 2.45) is 5.92 Å². The van der Waals surface area contributed by atoms with Crippen LogP contribution in [0.4, 0.5) is 4.79 Å². The van der Waals surface area contributed by atoms with Crippen LogP contribution in [0.2, 0.25) is 0 Å². The molecule has 0 spiro atoms. The Labute approximate surface area is 155 Å². The van der Waals surface area contributed by atoms with E-state index < -0.39 is 18.1 Å². The Morgan fingerprint density at radius 2 is 2.08 bits per heavy atom. The van der Waals surface area contributed by atoms with Gasteiger partial charge in [-0.2, -0.15) is 0 Å². The molecule has 3 atom stereocenters. The van der Waals surface area contributed by atoms with Gasteiger partial charge in [-0.05, 0) is 24.8 Å². The summed E-state index contributed by atoms with van der Waals surface area (Å²) in [4.78, 5) is 26.0. The minimum atomic E-state index is -0.907. The summed E-state index contributed by atoms with van der Waals surface area (Å²) in [7, 11) is 0. The third kappa shape index (κ3) is 5.43. The van der Waals surface area contributed by atoms with Crippen LogP contribution in [-0.2, 0) is 16.0 Å². The van der Waals surface area contributed by atoms with Crippen molar-refractivity contribution in [3.63, 3.8) is 0 Å². The molecule has 142 valence electrons. The molecule has 2 amide bonds. The number of benzene rings is 1. The van der Waals surface area contributed by atoms with Gasteiger partial charge in [0.25, 0.3) is 0 Å². The molecule has 1 saturated heterocycles. The Kier molecular flexibility index (Phi) is 7.85. The summed E-state index contributed by atoms with van der Waals surface area (Å²) < 4.78 is 5.09. The van der Waals surface area contributed by atoms with Crippen LogP contribution >= 0.6 is 0 Å². The molecule has 0 saturated carbocycles. The topological polar surface area (TPSA) is 66.8 Å². The molecule has 0 bridgehead atoms. The van der Waals surface area contributed by atoms with Gasteiger partial charge in [0.15, 0.2) is 0 Å². The van der Waals surface area contributed by atoms with E-state index in [1.54, 1.807) is 13.0 Å². The molecular formula is C21H29NO4. The molecule has 0 radical (unpaired) electrons. The first-order valence-electron chi connectivity index (χ1n) is 9.43. The van der Waals surface area contributed by atoms with Crippen molar-refractivity contribution in [2.75, 3.05) is 6.61 Å². The fourth-order valence-corrected chi connectivity index (χ4v) is 3.05. The van der Waals surface area contributed by atoms with Crippen LogP contribution in [0.25, 0.3) is 0 Å². The van der Waals surface area contributed by atoms with Gasteiger partial charge in [0.2, 0.25) is 5.91 Å². The van der Waals surface area contributed by atoms with Crippen LogP contribution in [0.5, 0.6) is 0 Å². The van der Waals surface area contributed by atoms with E-state index in [0.29, 0.717) is 6.42 Å². The van der Waals surface area contributed by atoms with E-state index in [1.807, 2.05) is 36.4 Å². The number of aliphatic hydroxyl groups excluding tert-OH is 1. The van der Waals surface area contributed by atoms with E-state index in [2.05, 4.69) is 6.92 Å². The van der Waals surface area contributed by atoms with Gasteiger partial charge in [0.1, 0.15) is 6.61 Å². The van der Waals surface area contributed by atoms with E-state index in [1.165, 1.54) is 4.90 Å². The van der Waals surface area contributed by atoms with E-state index in [9.17, 15) is 14.7 Å². The molecule has 1 heterocycles. The summed E-state index contributed by atoms with van der Waals surface area (Å²) in [5.74, 6) is -1.08. The lowest BCUT2D eigenvalue weighted by atomic mass is 10.00. The number of unbranched alkanes of at least 4 members (excludes halogenated alkanes) is 3. The third-order valence-electron chi connectivity index (χ3n) is 4.72. The fourth-order valence-electron chi connectivity index (χ4n) is 3.05. The zero-order valence-corrected chi connectivity index (χ0v) is 15.6. The van der Waals surface area contributed by atoms with E-state index in [-0.39, 0.29) is 18.6 Å². The normalized spacial score (nSPS) is 19.6. The van der Waals surface area contributed by atoms with Gasteiger partial charge >= 0.3 is 6.09 Å². The second kappa shape index (κ2) is 10.1. The summed E-state index contributed by atoms with van der Waals surface area (Å²) in [6, 6.07) is 9.36. The lowest BCUT2D eigenvalue weighted by molar-refractivity contribution is -0.135. The SMILES string of the molecule is CCCCC/C=C/[C@H](O)[C@H](C)C(=O)N1C(=O)OCC1Cc1ccccc1. The number of allylic oxidation sites excluding steroid dienone is 1. The maximum Gasteiger partial charge on any atom is 0.416 e. The summed E-state index contributed by atoms with van der Waals surface area (Å²) in [5, 5.41) is 10.3. The molecule has 1 unspecified atom stereocenters. The number of rotatable bonds is 9. The molecular weight excluding hydrogens is 330 g/mol. The fraction of sp³-hybridized carbons (Fsp3) is 0.524. The van der Waals surface area contributed by atoms with E-state index in [4.69, 9.17) is 4.74 Å². The number of ether oxygens (including phenoxy) is 1. The van der Waals surface area contributed by atoms with Crippen LogP contribution in [0.15, 0.2) is 42.5 Å². The van der Waals surface area contributed by atoms with Crippen molar-refractivity contribution >= 4 is 12.0 Å². The van der Waals surface area contributed by atoms with Crippen molar-refractivity contribution < 1.29 is 19.4 Å². The van der Waals surface area contributed by atoms with Crippen molar-refractivity contribution in [1.82, 2.24) is 4.90 Å². The highest BCUT2D eigenvalue weighted by atomic mass is 16.6. The van der Waals surface area contributed by atoms with Crippen LogP contribution in [0.3, 0.4) is 0 Å². The summed E-state index contributed by atoms with van der Waals surface area (Å²) in [6.45, 7) is 3.98. The molecule has 0 aliphatic carbocycles. The molecule has 1 aromatic rings. The smallest absolute Gasteiger partial charge is 0.416 e. The van der Waals surface area contributed by atoms with E-state index in [0.717, 1.165) is 31.2 Å². The Morgan fingerprint density at radius 1 is 1.35 bits per heavy atom. The lowest BCUT2D eigenvalue weighted by Crippen LogP contribution is -2.45. The number of aliphatic hydroxyl groups is 1. The van der Waals surface area contributed by atoms with E-state index >= 15 is 0 Å². The van der Waals surface area contributed by atoms with Crippen LogP contribution in [0, 0.1) is 5.92 Å². The molecule has 2 rings (SSSR count). The first kappa shape index (κ1) is 20.2. The van der Waals surface area contributed by atoms with Gasteiger partial charge in [-0.1, -0.05) is 69.2 Å². The van der Waals surface area contributed by atoms with Gasteiger partial charge in [0, 0.05) is 0 Å². The van der Waals surface area contributed by atoms with Crippen molar-refractivity contribution in [3.05, 3.63) is 48.0 Å². The van der Waals surface area contributed by atoms with Crippen LogP contribution < -0.4 is 0 Å². The van der Waals surface area contributed by atoms with Crippen LogP contribution in [-0.4, -0.2) is 40.8 Å². The number of carbonyl (C=O) groups is 2. The minimum absolute atomic E-state index is 0.190. The molecule has 5 nitrogen and oxygen atoms in total. The summed E-state index contributed by atoms with van der Waals surface area (Å²) >= 11 is 0. The number of imide groups is 1. The molecule has 1 aromatic carbocycles. The molecule has 1 aliphatic heterocycles. The van der Waals surface area contributed by atoms with Crippen molar-refractivity contribution in [1.29, 1.82) is 0 Å². The molecule has 0 aromatic heterocycles. The monoisotopic (exact) mass is 359 g/mol. The second-order valence-corrected chi connectivity index (χ2v) is 6.83. The highest BCUT2D eigenvalue weighted by molar-refractivity contribution is 5.95. The molecule has 5 heteroatoms. The lowest BCUT2D eigenvalue weighted by Gasteiger charge is -2.24. The van der Waals surface area contributed by atoms with Crippen LogP contribution in [0.1, 0.15) is 45.1 Å². The molecule has 26 heavy (non-hydrogen) atoms. The number of carbonyl (C=O) groups excluding carboxylic acids is 2. The average molecular weight is 359 g/mol. The first-order valence-corrected chi connectivity index (χ1v) is 9.43. The third-order valence-corrected chi connectivity index (χ3v) is 4.72. The van der Waals surface area contributed by atoms with Gasteiger partial charge in [0.05, 0.1) is 18.1 Å². The summed E-state index contributed by atoms with van der Waals surface area (Å²) in [6.07, 6.45) is 6.83. The molecule has 1 aliphatic rings. The second-order valence-electron chi connectivity index (χ2n) is 6.83. The largest absolute Gasteiger partial charge is 0.447 e.